The third-order valence-corrected chi connectivity index (χ3v) is 5.18. The van der Waals surface area contributed by atoms with Crippen LogP contribution in [0.5, 0.6) is 0 Å². The van der Waals surface area contributed by atoms with Crippen molar-refractivity contribution < 1.29 is 19.4 Å². The van der Waals surface area contributed by atoms with E-state index in [0.29, 0.717) is 30.4 Å². The van der Waals surface area contributed by atoms with Crippen molar-refractivity contribution in [3.05, 3.63) is 23.8 Å². The normalized spacial score (nSPS) is 45.4. The number of ether oxygens (including phenoxy) is 1. The summed E-state index contributed by atoms with van der Waals surface area (Å²) in [5.74, 6) is -0.470. The number of rotatable bonds is 0. The van der Waals surface area contributed by atoms with Crippen molar-refractivity contribution in [3.63, 3.8) is 0 Å². The molecule has 0 unspecified atom stereocenters. The van der Waals surface area contributed by atoms with Crippen LogP contribution in [-0.4, -0.2) is 28.6 Å². The van der Waals surface area contributed by atoms with Gasteiger partial charge in [-0.2, -0.15) is 0 Å². The summed E-state index contributed by atoms with van der Waals surface area (Å²) in [6, 6.07) is 0. The van der Waals surface area contributed by atoms with E-state index in [2.05, 4.69) is 6.58 Å². The molecule has 0 aromatic rings. The highest BCUT2D eigenvalue weighted by atomic mass is 16.6. The fraction of sp³-hybridized carbons (Fsp3) is 0.600. The first-order valence-corrected chi connectivity index (χ1v) is 6.61. The van der Waals surface area contributed by atoms with Crippen molar-refractivity contribution in [2.24, 2.45) is 11.3 Å². The minimum atomic E-state index is -1.04. The topological polar surface area (TPSA) is 63.6 Å². The molecular formula is C15H18O4. The molecular weight excluding hydrogens is 244 g/mol. The van der Waals surface area contributed by atoms with Gasteiger partial charge in [-0.1, -0.05) is 13.5 Å². The van der Waals surface area contributed by atoms with Gasteiger partial charge in [-0.05, 0) is 31.4 Å². The van der Waals surface area contributed by atoms with Gasteiger partial charge < -0.3 is 9.84 Å². The molecule has 0 spiro atoms. The third kappa shape index (κ3) is 1.49. The highest BCUT2D eigenvalue weighted by Gasteiger charge is 2.60. The molecule has 4 heteroatoms. The van der Waals surface area contributed by atoms with Crippen molar-refractivity contribution in [3.8, 4) is 0 Å². The summed E-state index contributed by atoms with van der Waals surface area (Å²) >= 11 is 0. The Balaban J connectivity index is 2.05. The number of ketones is 1. The summed E-state index contributed by atoms with van der Waals surface area (Å²) in [4.78, 5) is 23.4. The van der Waals surface area contributed by atoms with Crippen LogP contribution >= 0.6 is 0 Å². The van der Waals surface area contributed by atoms with Crippen molar-refractivity contribution in [1.29, 1.82) is 0 Å². The molecule has 1 aliphatic heterocycles. The lowest BCUT2D eigenvalue weighted by molar-refractivity contribution is -0.156. The first kappa shape index (κ1) is 12.6. The molecule has 0 bridgehead atoms. The van der Waals surface area contributed by atoms with Gasteiger partial charge in [0.1, 0.15) is 6.10 Å². The monoisotopic (exact) mass is 262 g/mol. The molecule has 0 radical (unpaired) electrons. The number of aliphatic hydroxyl groups is 1. The zero-order valence-electron chi connectivity index (χ0n) is 11.2. The molecule has 1 N–H and O–H groups in total. The Morgan fingerprint density at radius 3 is 2.79 bits per heavy atom. The second-order valence-electron chi connectivity index (χ2n) is 6.38. The van der Waals surface area contributed by atoms with Crippen molar-refractivity contribution in [1.82, 2.24) is 0 Å². The van der Waals surface area contributed by atoms with Gasteiger partial charge in [-0.3, -0.25) is 4.79 Å². The fourth-order valence-corrected chi connectivity index (χ4v) is 3.94. The zero-order valence-corrected chi connectivity index (χ0v) is 11.2. The quantitative estimate of drug-likeness (QED) is 0.531. The van der Waals surface area contributed by atoms with Crippen LogP contribution < -0.4 is 0 Å². The zero-order chi connectivity index (χ0) is 14.0. The first-order chi connectivity index (χ1) is 8.77. The van der Waals surface area contributed by atoms with E-state index < -0.39 is 11.0 Å². The SMILES string of the molecule is C=C1C(=O)O[C@@H]2C[C@@]3(C)CC(=O)C=C(C)[C@]3(O)C[C@H]12. The summed E-state index contributed by atoms with van der Waals surface area (Å²) in [6.07, 6.45) is 2.50. The van der Waals surface area contributed by atoms with Gasteiger partial charge in [0, 0.05) is 23.3 Å². The standard InChI is InChI=1S/C15H18O4/c1-8-4-10(16)5-14(3)7-12-11(6-15(8,14)18)9(2)13(17)19-12/h4,11-12,18H,2,5-7H2,1,3H3/t11-,12-,14-,15-/m1/s1. The number of carbonyl (C=O) groups is 2. The van der Waals surface area contributed by atoms with Gasteiger partial charge in [-0.25, -0.2) is 4.79 Å². The number of esters is 1. The molecule has 0 aromatic heterocycles. The highest BCUT2D eigenvalue weighted by Crippen LogP contribution is 2.57. The lowest BCUT2D eigenvalue weighted by Gasteiger charge is -2.53. The minimum Gasteiger partial charge on any atom is -0.458 e. The van der Waals surface area contributed by atoms with E-state index in [-0.39, 0.29) is 23.8 Å². The number of hydrogen-bond donors (Lipinski definition) is 1. The summed E-state index contributed by atoms with van der Waals surface area (Å²) in [5.41, 5.74) is -0.462. The lowest BCUT2D eigenvalue weighted by atomic mass is 9.54. The van der Waals surface area contributed by atoms with E-state index in [9.17, 15) is 14.7 Å². The molecule has 2 fully saturated rings. The number of carbonyl (C=O) groups excluding carboxylic acids is 2. The van der Waals surface area contributed by atoms with E-state index in [0.717, 1.165) is 0 Å². The molecule has 4 nitrogen and oxygen atoms in total. The number of allylic oxidation sites excluding steroid dienone is 1. The van der Waals surface area contributed by atoms with Crippen molar-refractivity contribution in [2.75, 3.05) is 0 Å². The molecule has 4 atom stereocenters. The summed E-state index contributed by atoms with van der Waals surface area (Å²) in [5, 5.41) is 11.1. The second kappa shape index (κ2) is 3.57. The van der Waals surface area contributed by atoms with E-state index in [1.54, 1.807) is 6.92 Å². The molecule has 1 heterocycles. The van der Waals surface area contributed by atoms with Crippen molar-refractivity contribution >= 4 is 11.8 Å². The first-order valence-electron chi connectivity index (χ1n) is 6.61. The predicted octanol–water partition coefficient (Wildman–Crippen LogP) is 1.53. The van der Waals surface area contributed by atoms with Crippen molar-refractivity contribution in [2.45, 2.75) is 44.8 Å². The Labute approximate surface area is 112 Å². The van der Waals surface area contributed by atoms with Crippen LogP contribution in [0.4, 0.5) is 0 Å². The fourth-order valence-electron chi connectivity index (χ4n) is 3.94. The van der Waals surface area contributed by atoms with Crippen LogP contribution in [-0.2, 0) is 14.3 Å². The second-order valence-corrected chi connectivity index (χ2v) is 6.38. The average Bonchev–Trinajstić information content (AvgIpc) is 2.54. The van der Waals surface area contributed by atoms with E-state index in [4.69, 9.17) is 4.74 Å². The molecule has 102 valence electrons. The number of fused-ring (bicyclic) bond motifs is 2. The Kier molecular flexibility index (Phi) is 2.37. The van der Waals surface area contributed by atoms with Gasteiger partial charge in [-0.15, -0.1) is 0 Å². The molecule has 1 saturated heterocycles. The van der Waals surface area contributed by atoms with Gasteiger partial charge in [0.15, 0.2) is 5.78 Å². The molecule has 0 aromatic carbocycles. The third-order valence-electron chi connectivity index (χ3n) is 5.18. The highest BCUT2D eigenvalue weighted by molar-refractivity contribution is 5.93. The van der Waals surface area contributed by atoms with Gasteiger partial charge in [0.2, 0.25) is 0 Å². The Morgan fingerprint density at radius 1 is 1.42 bits per heavy atom. The van der Waals surface area contributed by atoms with Gasteiger partial charge in [0.05, 0.1) is 5.60 Å². The smallest absolute Gasteiger partial charge is 0.334 e. The molecule has 1 saturated carbocycles. The van der Waals surface area contributed by atoms with Crippen LogP contribution in [0.1, 0.15) is 33.1 Å². The maximum absolute atomic E-state index is 11.8. The maximum atomic E-state index is 11.8. The predicted molar refractivity (Wildman–Crippen MR) is 68.2 cm³/mol. The number of hydrogen-bond acceptors (Lipinski definition) is 4. The van der Waals surface area contributed by atoms with Crippen LogP contribution in [0.2, 0.25) is 0 Å². The molecule has 2 aliphatic carbocycles. The Morgan fingerprint density at radius 2 is 2.11 bits per heavy atom. The Bertz CT molecular complexity index is 532. The van der Waals surface area contributed by atoms with E-state index in [1.807, 2.05) is 6.92 Å². The molecule has 0 amide bonds. The van der Waals surface area contributed by atoms with E-state index >= 15 is 0 Å². The van der Waals surface area contributed by atoms with Crippen LogP contribution in [0.3, 0.4) is 0 Å². The van der Waals surface area contributed by atoms with Gasteiger partial charge >= 0.3 is 5.97 Å². The maximum Gasteiger partial charge on any atom is 0.334 e. The largest absolute Gasteiger partial charge is 0.458 e. The minimum absolute atomic E-state index is 0.0336. The summed E-state index contributed by atoms with van der Waals surface area (Å²) in [6.45, 7) is 7.48. The van der Waals surface area contributed by atoms with E-state index in [1.165, 1.54) is 6.08 Å². The summed E-state index contributed by atoms with van der Waals surface area (Å²) < 4.78 is 5.33. The molecule has 3 rings (SSSR count). The van der Waals surface area contributed by atoms with Gasteiger partial charge in [0.25, 0.3) is 0 Å². The summed E-state index contributed by atoms with van der Waals surface area (Å²) in [7, 11) is 0. The van der Waals surface area contributed by atoms with Crippen LogP contribution in [0.25, 0.3) is 0 Å². The Hall–Kier alpha value is -1.42. The molecule has 3 aliphatic rings. The van der Waals surface area contributed by atoms with Crippen LogP contribution in [0, 0.1) is 11.3 Å². The van der Waals surface area contributed by atoms with Crippen LogP contribution in [0.15, 0.2) is 23.8 Å². The molecule has 19 heavy (non-hydrogen) atoms. The average molecular weight is 262 g/mol. The lowest BCUT2D eigenvalue weighted by Crippen LogP contribution is -2.57.